The highest BCUT2D eigenvalue weighted by molar-refractivity contribution is 7.47. The summed E-state index contributed by atoms with van der Waals surface area (Å²) in [6, 6.07) is 0. The normalized spacial score (nSPS) is 21.9. The van der Waals surface area contributed by atoms with Crippen molar-refractivity contribution in [3.05, 3.63) is 60.8 Å². The van der Waals surface area contributed by atoms with Gasteiger partial charge in [-0.1, -0.05) is 184 Å². The maximum absolute atomic E-state index is 12.9. The Morgan fingerprint density at radius 1 is 0.500 bits per heavy atom. The molecule has 0 spiro atoms. The van der Waals surface area contributed by atoms with E-state index in [2.05, 4.69) is 74.6 Å². The molecule has 0 saturated heterocycles. The summed E-state index contributed by atoms with van der Waals surface area (Å²) in [6.45, 7) is 4.14. The summed E-state index contributed by atoms with van der Waals surface area (Å²) in [5.41, 5.74) is 0. The molecule has 0 bridgehead atoms. The fourth-order valence-electron chi connectivity index (χ4n) is 7.75. The third kappa shape index (κ3) is 34.3. The first-order valence-corrected chi connectivity index (χ1v) is 27.6. The molecule has 0 aliphatic heterocycles. The third-order valence-electron chi connectivity index (χ3n) is 11.9. The largest absolute Gasteiger partial charge is 0.472 e. The maximum Gasteiger partial charge on any atom is 0.472 e. The zero-order valence-electron chi connectivity index (χ0n) is 41.2. The van der Waals surface area contributed by atoms with Crippen LogP contribution in [0.4, 0.5) is 0 Å². The smallest absolute Gasteiger partial charge is 0.457 e. The Kier molecular flexibility index (Phi) is 40.5. The van der Waals surface area contributed by atoms with Crippen LogP contribution in [0, 0.1) is 0 Å². The van der Waals surface area contributed by atoms with Crippen molar-refractivity contribution < 1.29 is 58.3 Å². The van der Waals surface area contributed by atoms with Gasteiger partial charge in [0, 0.05) is 13.0 Å². The second kappa shape index (κ2) is 43.1. The minimum Gasteiger partial charge on any atom is -0.457 e. The molecule has 0 aromatic carbocycles. The molecule has 1 saturated carbocycles. The number of esters is 1. The first kappa shape index (κ1) is 62.1. The molecule has 0 heterocycles. The van der Waals surface area contributed by atoms with E-state index in [-0.39, 0.29) is 13.0 Å². The van der Waals surface area contributed by atoms with Gasteiger partial charge in [-0.25, -0.2) is 4.57 Å². The molecule has 66 heavy (non-hydrogen) atoms. The lowest BCUT2D eigenvalue weighted by Gasteiger charge is -2.41. The number of unbranched alkanes of at least 4 members (excludes halogenated alkanes) is 22. The van der Waals surface area contributed by atoms with Crippen molar-refractivity contribution in [3.63, 3.8) is 0 Å². The number of allylic oxidation sites excluding steroid dienone is 10. The Balaban J connectivity index is 2.34. The van der Waals surface area contributed by atoms with Gasteiger partial charge in [0.2, 0.25) is 0 Å². The lowest BCUT2D eigenvalue weighted by atomic mass is 9.85. The van der Waals surface area contributed by atoms with Crippen LogP contribution in [0.1, 0.15) is 206 Å². The predicted molar refractivity (Wildman–Crippen MR) is 267 cm³/mol. The number of phosphoric acid groups is 1. The fraction of sp³-hybridized carbons (Fsp3) is 0.792. The van der Waals surface area contributed by atoms with Gasteiger partial charge >= 0.3 is 13.8 Å². The number of ether oxygens (including phenoxy) is 2. The third-order valence-corrected chi connectivity index (χ3v) is 12.9. The highest BCUT2D eigenvalue weighted by Gasteiger charge is 2.51. The molecule has 6 atom stereocenters. The van der Waals surface area contributed by atoms with Gasteiger partial charge in [-0.2, -0.15) is 0 Å². The summed E-state index contributed by atoms with van der Waals surface area (Å²) in [5.74, 6) is -0.485. The first-order valence-electron chi connectivity index (χ1n) is 26.1. The molecule has 13 heteroatoms. The minimum atomic E-state index is -5.03. The summed E-state index contributed by atoms with van der Waals surface area (Å²) < 4.78 is 34.3. The topological polar surface area (TPSA) is 192 Å². The Morgan fingerprint density at radius 2 is 0.894 bits per heavy atom. The molecule has 1 fully saturated rings. The minimum absolute atomic E-state index is 0.0841. The van der Waals surface area contributed by atoms with Gasteiger partial charge in [-0.05, 0) is 77.0 Å². The van der Waals surface area contributed by atoms with E-state index in [9.17, 15) is 39.8 Å². The molecule has 12 nitrogen and oxygen atoms in total. The van der Waals surface area contributed by atoms with Crippen LogP contribution in [0.5, 0.6) is 0 Å². The van der Waals surface area contributed by atoms with E-state index in [0.29, 0.717) is 13.0 Å². The van der Waals surface area contributed by atoms with E-state index < -0.39 is 63.1 Å². The summed E-state index contributed by atoms with van der Waals surface area (Å²) in [6.07, 6.45) is 42.8. The second-order valence-corrected chi connectivity index (χ2v) is 19.4. The average Bonchev–Trinajstić information content (AvgIpc) is 3.30. The van der Waals surface area contributed by atoms with E-state index in [0.717, 1.165) is 89.9 Å². The molecule has 0 aromatic heterocycles. The number of rotatable bonds is 44. The number of aliphatic hydroxyl groups excluding tert-OH is 5. The number of hydrogen-bond acceptors (Lipinski definition) is 11. The molecule has 6 unspecified atom stereocenters. The van der Waals surface area contributed by atoms with E-state index in [1.807, 2.05) is 0 Å². The Hall–Kier alpha value is -1.96. The summed E-state index contributed by atoms with van der Waals surface area (Å²) in [5, 5.41) is 50.3. The molecule has 384 valence electrons. The van der Waals surface area contributed by atoms with Crippen molar-refractivity contribution >= 4 is 13.8 Å². The van der Waals surface area contributed by atoms with Gasteiger partial charge in [-0.3, -0.25) is 13.8 Å². The molecular formula is C53H95O12P. The van der Waals surface area contributed by atoms with Gasteiger partial charge in [0.1, 0.15) is 42.7 Å². The van der Waals surface area contributed by atoms with Crippen LogP contribution in [0.3, 0.4) is 0 Å². The van der Waals surface area contributed by atoms with Gasteiger partial charge in [0.15, 0.2) is 0 Å². The number of hydrogen-bond donors (Lipinski definition) is 6. The van der Waals surface area contributed by atoms with E-state index >= 15 is 0 Å². The summed E-state index contributed by atoms with van der Waals surface area (Å²) in [7, 11) is -5.03. The average molecular weight is 955 g/mol. The van der Waals surface area contributed by atoms with Crippen LogP contribution in [-0.2, 0) is 27.9 Å². The summed E-state index contributed by atoms with van der Waals surface area (Å²) >= 11 is 0. The van der Waals surface area contributed by atoms with Crippen molar-refractivity contribution in [1.29, 1.82) is 0 Å². The van der Waals surface area contributed by atoms with Crippen LogP contribution < -0.4 is 0 Å². The van der Waals surface area contributed by atoms with E-state index in [1.165, 1.54) is 89.9 Å². The molecule has 1 aliphatic carbocycles. The zero-order chi connectivity index (χ0) is 48.4. The van der Waals surface area contributed by atoms with Crippen LogP contribution in [0.2, 0.25) is 0 Å². The Labute approximate surface area is 400 Å². The van der Waals surface area contributed by atoms with Gasteiger partial charge < -0.3 is 39.9 Å². The SMILES string of the molecule is CC/C=C\C/C=C\C/C=C\C/C=C\CCCCCCCCCCCOCC(COP(=O)(O)OC1C(O)C(O)C(O)C(O)C1O)OC(=O)CCCCCCCCC/C=C\CCCCCCCC. The van der Waals surface area contributed by atoms with Gasteiger partial charge in [0.05, 0.1) is 13.2 Å². The molecule has 6 N–H and O–H groups in total. The quantitative estimate of drug-likeness (QED) is 0.0147. The lowest BCUT2D eigenvalue weighted by Crippen LogP contribution is -2.64. The lowest BCUT2D eigenvalue weighted by molar-refractivity contribution is -0.220. The second-order valence-electron chi connectivity index (χ2n) is 18.0. The molecular weight excluding hydrogens is 860 g/mol. The maximum atomic E-state index is 12.9. The van der Waals surface area contributed by atoms with Crippen molar-refractivity contribution in [2.75, 3.05) is 19.8 Å². The monoisotopic (exact) mass is 955 g/mol. The van der Waals surface area contributed by atoms with Crippen LogP contribution >= 0.6 is 7.82 Å². The van der Waals surface area contributed by atoms with E-state index in [1.54, 1.807) is 0 Å². The number of phosphoric ester groups is 1. The first-order chi connectivity index (χ1) is 32.0. The van der Waals surface area contributed by atoms with Crippen molar-refractivity contribution in [3.8, 4) is 0 Å². The molecule has 0 amide bonds. The molecule has 1 aliphatic rings. The van der Waals surface area contributed by atoms with Crippen molar-refractivity contribution in [2.45, 2.75) is 249 Å². The van der Waals surface area contributed by atoms with Crippen molar-refractivity contribution in [2.24, 2.45) is 0 Å². The number of aliphatic hydroxyl groups is 5. The highest BCUT2D eigenvalue weighted by atomic mass is 31.2. The Bertz CT molecular complexity index is 1320. The highest BCUT2D eigenvalue weighted by Crippen LogP contribution is 2.47. The number of carbonyl (C=O) groups excluding carboxylic acids is 1. The standard InChI is InChI=1S/C53H95O12P/c1-3-5-7-9-11-13-15-17-19-21-22-23-24-25-27-29-31-33-35-37-39-41-43-62-44-46(45-63-66(60,61)65-53-51(58)49(56)48(55)50(57)52(53)59)64-47(54)42-40-38-36-34-32-30-28-26-20-18-16-14-12-10-8-6-4-2/h5,7,11,13,17-20,22-23,46,48-53,55-59H,3-4,6,8-10,12,14-16,21,24-45H2,1-2H3,(H,60,61)/b7-5-,13-11-,19-17-,20-18-,23-22-. The van der Waals surface area contributed by atoms with Gasteiger partial charge in [-0.15, -0.1) is 0 Å². The summed E-state index contributed by atoms with van der Waals surface area (Å²) in [4.78, 5) is 23.2. The van der Waals surface area contributed by atoms with E-state index in [4.69, 9.17) is 18.5 Å². The van der Waals surface area contributed by atoms with Crippen LogP contribution in [0.25, 0.3) is 0 Å². The number of carbonyl (C=O) groups is 1. The fourth-order valence-corrected chi connectivity index (χ4v) is 8.73. The molecule has 0 aromatic rings. The predicted octanol–water partition coefficient (Wildman–Crippen LogP) is 11.8. The molecule has 0 radical (unpaired) electrons. The van der Waals surface area contributed by atoms with Crippen molar-refractivity contribution in [1.82, 2.24) is 0 Å². The Morgan fingerprint density at radius 3 is 1.38 bits per heavy atom. The van der Waals surface area contributed by atoms with Gasteiger partial charge in [0.25, 0.3) is 0 Å². The van der Waals surface area contributed by atoms with Crippen LogP contribution in [-0.4, -0.2) is 98.9 Å². The van der Waals surface area contributed by atoms with Crippen LogP contribution in [0.15, 0.2) is 60.8 Å². The molecule has 1 rings (SSSR count). The zero-order valence-corrected chi connectivity index (χ0v) is 42.1.